The number of pyridine rings is 1. The summed E-state index contributed by atoms with van der Waals surface area (Å²) in [6.45, 7) is 2.84. The first-order valence-electron chi connectivity index (χ1n) is 10.1. The molecule has 0 atom stereocenters. The van der Waals surface area contributed by atoms with Crippen LogP contribution in [0.15, 0.2) is 28.8 Å². The highest BCUT2D eigenvalue weighted by molar-refractivity contribution is 6.05. The van der Waals surface area contributed by atoms with Gasteiger partial charge in [-0.25, -0.2) is 9.97 Å². The molecule has 2 aliphatic rings. The highest BCUT2D eigenvalue weighted by atomic mass is 35.5. The second-order valence-corrected chi connectivity index (χ2v) is 7.57. The van der Waals surface area contributed by atoms with Gasteiger partial charge >= 0.3 is 0 Å². The van der Waals surface area contributed by atoms with Crippen molar-refractivity contribution in [2.24, 2.45) is 0 Å². The van der Waals surface area contributed by atoms with Crippen molar-refractivity contribution in [2.45, 2.75) is 25.2 Å². The van der Waals surface area contributed by atoms with Crippen molar-refractivity contribution >= 4 is 52.2 Å². The van der Waals surface area contributed by atoms with Crippen LogP contribution >= 0.6 is 12.4 Å². The standard InChI is InChI=1S/C20H21N7O2.ClH/c1-3-12(4-1)14-11-15(26-25-14)22-20-23-16-13-5-2-6-21-19(13)29-17(16)18(24-20)27-7-9-28-10-8-27;/h2,5-6,11-12H,1,3-4,7-10H2,(H2,22,23,24,25,26);1H. The number of fused-ring (bicyclic) bond motifs is 3. The Hall–Kier alpha value is -2.91. The molecule has 0 amide bonds. The number of hydrogen-bond acceptors (Lipinski definition) is 8. The average Bonchev–Trinajstić information content (AvgIpc) is 3.31. The van der Waals surface area contributed by atoms with Crippen LogP contribution in [0, 0.1) is 0 Å². The van der Waals surface area contributed by atoms with Crippen molar-refractivity contribution in [3.63, 3.8) is 0 Å². The minimum atomic E-state index is 0. The van der Waals surface area contributed by atoms with Crippen LogP contribution < -0.4 is 10.2 Å². The van der Waals surface area contributed by atoms with Crippen LogP contribution in [0.5, 0.6) is 0 Å². The molecule has 4 aromatic rings. The Labute approximate surface area is 178 Å². The molecular weight excluding hydrogens is 406 g/mol. The van der Waals surface area contributed by atoms with Gasteiger partial charge in [0.2, 0.25) is 11.7 Å². The first kappa shape index (κ1) is 19.1. The summed E-state index contributed by atoms with van der Waals surface area (Å²) in [7, 11) is 0. The van der Waals surface area contributed by atoms with Gasteiger partial charge in [0.25, 0.3) is 0 Å². The van der Waals surface area contributed by atoms with Gasteiger partial charge in [0.15, 0.2) is 17.2 Å². The molecule has 1 saturated heterocycles. The van der Waals surface area contributed by atoms with Crippen LogP contribution in [0.25, 0.3) is 22.2 Å². The molecule has 9 nitrogen and oxygen atoms in total. The molecule has 0 radical (unpaired) electrons. The van der Waals surface area contributed by atoms with E-state index in [0.717, 1.165) is 35.6 Å². The summed E-state index contributed by atoms with van der Waals surface area (Å²) in [6.07, 6.45) is 5.45. The van der Waals surface area contributed by atoms with E-state index in [-0.39, 0.29) is 12.4 Å². The molecule has 0 bridgehead atoms. The number of aromatic nitrogens is 5. The number of morpholine rings is 1. The predicted molar refractivity (Wildman–Crippen MR) is 116 cm³/mol. The normalized spacial score (nSPS) is 17.1. The van der Waals surface area contributed by atoms with E-state index in [4.69, 9.17) is 19.1 Å². The van der Waals surface area contributed by atoms with Crippen molar-refractivity contribution < 1.29 is 9.15 Å². The summed E-state index contributed by atoms with van der Waals surface area (Å²) in [4.78, 5) is 16.0. The minimum Gasteiger partial charge on any atom is -0.432 e. The Morgan fingerprint density at radius 3 is 2.83 bits per heavy atom. The van der Waals surface area contributed by atoms with Crippen molar-refractivity contribution in [1.82, 2.24) is 25.1 Å². The highest BCUT2D eigenvalue weighted by Crippen LogP contribution is 2.37. The van der Waals surface area contributed by atoms with Crippen molar-refractivity contribution in [2.75, 3.05) is 36.5 Å². The molecular formula is C20H22ClN7O2. The van der Waals surface area contributed by atoms with E-state index < -0.39 is 0 Å². The zero-order valence-corrected chi connectivity index (χ0v) is 17.1. The summed E-state index contributed by atoms with van der Waals surface area (Å²) in [5.41, 5.74) is 3.15. The Bertz CT molecular complexity index is 1180. The predicted octanol–water partition coefficient (Wildman–Crippen LogP) is 3.76. The number of nitrogens with one attached hydrogen (secondary N) is 2. The Kier molecular flexibility index (Phi) is 4.92. The molecule has 6 rings (SSSR count). The van der Waals surface area contributed by atoms with E-state index in [1.165, 1.54) is 25.0 Å². The number of rotatable bonds is 4. The van der Waals surface area contributed by atoms with Gasteiger partial charge < -0.3 is 19.4 Å². The first-order valence-corrected chi connectivity index (χ1v) is 10.1. The average molecular weight is 428 g/mol. The van der Waals surface area contributed by atoms with E-state index in [9.17, 15) is 0 Å². The maximum Gasteiger partial charge on any atom is 0.231 e. The maximum atomic E-state index is 6.03. The van der Waals surface area contributed by atoms with Crippen LogP contribution in [-0.2, 0) is 4.74 Å². The van der Waals surface area contributed by atoms with Crippen LogP contribution in [-0.4, -0.2) is 51.5 Å². The quantitative estimate of drug-likeness (QED) is 0.507. The summed E-state index contributed by atoms with van der Waals surface area (Å²) in [5, 5.41) is 11.7. The van der Waals surface area contributed by atoms with Crippen molar-refractivity contribution in [3.8, 4) is 0 Å². The van der Waals surface area contributed by atoms with Gasteiger partial charge in [-0.2, -0.15) is 10.1 Å². The summed E-state index contributed by atoms with van der Waals surface area (Å²) in [6, 6.07) is 5.91. The van der Waals surface area contributed by atoms with E-state index in [2.05, 4.69) is 31.5 Å². The Morgan fingerprint density at radius 2 is 2.03 bits per heavy atom. The molecule has 1 aliphatic carbocycles. The lowest BCUT2D eigenvalue weighted by Gasteiger charge is -2.27. The van der Waals surface area contributed by atoms with Crippen LogP contribution in [0.3, 0.4) is 0 Å². The fraction of sp³-hybridized carbons (Fsp3) is 0.400. The molecule has 2 fully saturated rings. The molecule has 4 aromatic heterocycles. The number of H-pyrrole nitrogens is 1. The molecule has 0 unspecified atom stereocenters. The lowest BCUT2D eigenvalue weighted by Crippen LogP contribution is -2.37. The SMILES string of the molecule is Cl.c1cnc2oc3c(N4CCOCC4)nc(Nc4cc(C5CCC5)[nH]n4)nc3c2c1. The van der Waals surface area contributed by atoms with E-state index in [1.807, 2.05) is 12.1 Å². The monoisotopic (exact) mass is 427 g/mol. The van der Waals surface area contributed by atoms with Gasteiger partial charge in [0.1, 0.15) is 5.52 Å². The number of nitrogens with zero attached hydrogens (tertiary/aromatic N) is 5. The van der Waals surface area contributed by atoms with Gasteiger partial charge in [-0.15, -0.1) is 12.4 Å². The molecule has 2 N–H and O–H groups in total. The molecule has 5 heterocycles. The van der Waals surface area contributed by atoms with Gasteiger partial charge in [-0.3, -0.25) is 5.10 Å². The third-order valence-corrected chi connectivity index (χ3v) is 5.77. The van der Waals surface area contributed by atoms with Crippen LogP contribution in [0.2, 0.25) is 0 Å². The molecule has 10 heteroatoms. The van der Waals surface area contributed by atoms with E-state index in [1.54, 1.807) is 6.20 Å². The molecule has 1 aliphatic heterocycles. The second-order valence-electron chi connectivity index (χ2n) is 7.57. The zero-order valence-electron chi connectivity index (χ0n) is 16.3. The summed E-state index contributed by atoms with van der Waals surface area (Å²) < 4.78 is 11.5. The van der Waals surface area contributed by atoms with Gasteiger partial charge in [0.05, 0.1) is 18.6 Å². The lowest BCUT2D eigenvalue weighted by molar-refractivity contribution is 0.122. The first-order chi connectivity index (χ1) is 14.3. The summed E-state index contributed by atoms with van der Waals surface area (Å²) >= 11 is 0. The van der Waals surface area contributed by atoms with Crippen LogP contribution in [0.1, 0.15) is 30.9 Å². The molecule has 1 saturated carbocycles. The number of aromatic amines is 1. The number of hydrogen-bond donors (Lipinski definition) is 2. The fourth-order valence-corrected chi connectivity index (χ4v) is 3.95. The number of ether oxygens (including phenoxy) is 1. The van der Waals surface area contributed by atoms with Gasteiger partial charge in [-0.05, 0) is 25.0 Å². The Morgan fingerprint density at radius 1 is 1.17 bits per heavy atom. The Balaban J connectivity index is 0.00000193. The number of furan rings is 1. The smallest absolute Gasteiger partial charge is 0.231 e. The molecule has 0 aromatic carbocycles. The largest absolute Gasteiger partial charge is 0.432 e. The van der Waals surface area contributed by atoms with E-state index in [0.29, 0.717) is 36.4 Å². The van der Waals surface area contributed by atoms with E-state index >= 15 is 0 Å². The topological polar surface area (TPSA) is 105 Å². The molecule has 0 spiro atoms. The number of halogens is 1. The number of anilines is 3. The van der Waals surface area contributed by atoms with Crippen molar-refractivity contribution in [1.29, 1.82) is 0 Å². The fourth-order valence-electron chi connectivity index (χ4n) is 3.95. The highest BCUT2D eigenvalue weighted by Gasteiger charge is 2.24. The zero-order chi connectivity index (χ0) is 19.2. The van der Waals surface area contributed by atoms with Crippen molar-refractivity contribution in [3.05, 3.63) is 30.1 Å². The maximum absolute atomic E-state index is 6.03. The van der Waals surface area contributed by atoms with Gasteiger partial charge in [0, 0.05) is 37.0 Å². The molecule has 156 valence electrons. The third kappa shape index (κ3) is 3.23. The third-order valence-electron chi connectivity index (χ3n) is 5.77. The molecule has 30 heavy (non-hydrogen) atoms. The lowest BCUT2D eigenvalue weighted by atomic mass is 9.83. The minimum absolute atomic E-state index is 0. The van der Waals surface area contributed by atoms with Crippen LogP contribution in [0.4, 0.5) is 17.6 Å². The summed E-state index contributed by atoms with van der Waals surface area (Å²) in [5.74, 6) is 2.57. The second kappa shape index (κ2) is 7.73. The van der Waals surface area contributed by atoms with Gasteiger partial charge in [-0.1, -0.05) is 6.42 Å².